The van der Waals surface area contributed by atoms with Gasteiger partial charge in [0.1, 0.15) is 0 Å². The van der Waals surface area contributed by atoms with E-state index in [9.17, 15) is 18.0 Å². The van der Waals surface area contributed by atoms with Gasteiger partial charge >= 0.3 is 6.18 Å². The van der Waals surface area contributed by atoms with Crippen LogP contribution in [0.1, 0.15) is 12.8 Å². The van der Waals surface area contributed by atoms with E-state index in [0.29, 0.717) is 10.9 Å². The molecular weight excluding hydrogens is 263 g/mol. The third-order valence-corrected chi connectivity index (χ3v) is 2.33. The van der Waals surface area contributed by atoms with Gasteiger partial charge in [-0.3, -0.25) is 14.8 Å². The SMILES string of the molecule is O=c1[nH]c(OCCCC(F)(F)F)nc2cnccc12. The monoisotopic (exact) mass is 273 g/mol. The van der Waals surface area contributed by atoms with Crippen LogP contribution in [0.3, 0.4) is 0 Å². The molecule has 0 aliphatic rings. The van der Waals surface area contributed by atoms with Gasteiger partial charge in [0.2, 0.25) is 0 Å². The van der Waals surface area contributed by atoms with Gasteiger partial charge in [0, 0.05) is 12.6 Å². The molecule has 0 fully saturated rings. The van der Waals surface area contributed by atoms with Crippen LogP contribution >= 0.6 is 0 Å². The summed E-state index contributed by atoms with van der Waals surface area (Å²) in [6.45, 7) is -0.172. The number of nitrogens with zero attached hydrogens (tertiary/aromatic N) is 2. The van der Waals surface area contributed by atoms with Crippen molar-refractivity contribution in [2.75, 3.05) is 6.61 Å². The Morgan fingerprint density at radius 1 is 1.37 bits per heavy atom. The van der Waals surface area contributed by atoms with Crippen LogP contribution in [0, 0.1) is 0 Å². The lowest BCUT2D eigenvalue weighted by Gasteiger charge is -2.07. The van der Waals surface area contributed by atoms with Crippen molar-refractivity contribution < 1.29 is 17.9 Å². The summed E-state index contributed by atoms with van der Waals surface area (Å²) in [6.07, 6.45) is -2.52. The molecule has 0 aliphatic heterocycles. The summed E-state index contributed by atoms with van der Waals surface area (Å²) >= 11 is 0. The minimum atomic E-state index is -4.21. The maximum absolute atomic E-state index is 11.9. The third kappa shape index (κ3) is 3.67. The number of alkyl halides is 3. The highest BCUT2D eigenvalue weighted by molar-refractivity contribution is 5.76. The van der Waals surface area contributed by atoms with Gasteiger partial charge < -0.3 is 4.74 Å². The molecule has 2 rings (SSSR count). The highest BCUT2D eigenvalue weighted by Gasteiger charge is 2.26. The van der Waals surface area contributed by atoms with Gasteiger partial charge in [0.05, 0.1) is 23.7 Å². The zero-order valence-corrected chi connectivity index (χ0v) is 9.70. The van der Waals surface area contributed by atoms with Crippen molar-refractivity contribution in [1.29, 1.82) is 0 Å². The summed E-state index contributed by atoms with van der Waals surface area (Å²) in [6, 6.07) is 1.39. The Morgan fingerprint density at radius 3 is 2.89 bits per heavy atom. The molecule has 0 saturated carbocycles. The fourth-order valence-corrected chi connectivity index (χ4v) is 1.48. The molecule has 1 N–H and O–H groups in total. The minimum absolute atomic E-state index is 0.104. The number of nitrogens with one attached hydrogen (secondary N) is 1. The molecule has 0 spiro atoms. The van der Waals surface area contributed by atoms with E-state index < -0.39 is 18.2 Å². The summed E-state index contributed by atoms with van der Waals surface area (Å²) in [5.74, 6) is 0. The van der Waals surface area contributed by atoms with Crippen molar-refractivity contribution in [3.63, 3.8) is 0 Å². The number of ether oxygens (including phenoxy) is 1. The van der Waals surface area contributed by atoms with E-state index in [2.05, 4.69) is 15.0 Å². The smallest absolute Gasteiger partial charge is 0.389 e. The first kappa shape index (κ1) is 13.3. The summed E-state index contributed by atoms with van der Waals surface area (Å²) in [4.78, 5) is 21.7. The van der Waals surface area contributed by atoms with Crippen LogP contribution in [0.2, 0.25) is 0 Å². The molecule has 2 aromatic heterocycles. The Hall–Kier alpha value is -2.12. The Kier molecular flexibility index (Phi) is 3.68. The summed E-state index contributed by atoms with van der Waals surface area (Å²) in [5, 5.41) is 0.345. The number of rotatable bonds is 4. The lowest BCUT2D eigenvalue weighted by Crippen LogP contribution is -2.13. The maximum Gasteiger partial charge on any atom is 0.389 e. The van der Waals surface area contributed by atoms with Gasteiger partial charge in [0.15, 0.2) is 0 Å². The Bertz CT molecular complexity index is 624. The molecule has 0 saturated heterocycles. The maximum atomic E-state index is 11.9. The molecule has 5 nitrogen and oxygen atoms in total. The molecule has 19 heavy (non-hydrogen) atoms. The van der Waals surface area contributed by atoms with Crippen molar-refractivity contribution in [2.45, 2.75) is 19.0 Å². The largest absolute Gasteiger partial charge is 0.465 e. The first-order valence-corrected chi connectivity index (χ1v) is 5.49. The van der Waals surface area contributed by atoms with E-state index in [1.54, 1.807) is 0 Å². The number of aromatic nitrogens is 3. The number of fused-ring (bicyclic) bond motifs is 1. The third-order valence-electron chi connectivity index (χ3n) is 2.33. The highest BCUT2D eigenvalue weighted by Crippen LogP contribution is 2.21. The molecule has 8 heteroatoms. The Morgan fingerprint density at radius 2 is 2.16 bits per heavy atom. The fraction of sp³-hybridized carbons (Fsp3) is 0.364. The van der Waals surface area contributed by atoms with E-state index in [-0.39, 0.29) is 19.0 Å². The molecule has 0 radical (unpaired) electrons. The number of hydrogen-bond donors (Lipinski definition) is 1. The zero-order chi connectivity index (χ0) is 13.9. The molecule has 2 heterocycles. The number of aromatic amines is 1. The average Bonchev–Trinajstić information content (AvgIpc) is 2.34. The van der Waals surface area contributed by atoms with E-state index in [0.717, 1.165) is 0 Å². The summed E-state index contributed by atoms with van der Waals surface area (Å²) in [7, 11) is 0. The minimum Gasteiger partial charge on any atom is -0.465 e. The van der Waals surface area contributed by atoms with Crippen LogP contribution in [0.5, 0.6) is 6.01 Å². The van der Waals surface area contributed by atoms with Crippen molar-refractivity contribution in [3.8, 4) is 6.01 Å². The average molecular weight is 273 g/mol. The van der Waals surface area contributed by atoms with Gasteiger partial charge in [-0.25, -0.2) is 0 Å². The van der Waals surface area contributed by atoms with Crippen LogP contribution < -0.4 is 10.3 Å². The number of halogens is 3. The first-order chi connectivity index (χ1) is 8.96. The second-order valence-electron chi connectivity index (χ2n) is 3.83. The van der Waals surface area contributed by atoms with E-state index in [1.807, 2.05) is 0 Å². The van der Waals surface area contributed by atoms with Crippen LogP contribution in [0.15, 0.2) is 23.3 Å². The summed E-state index contributed by atoms with van der Waals surface area (Å²) < 4.78 is 40.7. The highest BCUT2D eigenvalue weighted by atomic mass is 19.4. The van der Waals surface area contributed by atoms with Gasteiger partial charge in [-0.2, -0.15) is 18.2 Å². The van der Waals surface area contributed by atoms with Crippen molar-refractivity contribution in [1.82, 2.24) is 15.0 Å². The van der Waals surface area contributed by atoms with Crippen LogP contribution in [-0.2, 0) is 0 Å². The summed E-state index contributed by atoms with van der Waals surface area (Å²) in [5.41, 5.74) is -0.0877. The second kappa shape index (κ2) is 5.25. The van der Waals surface area contributed by atoms with E-state index in [1.165, 1.54) is 18.5 Å². The molecule has 0 atom stereocenters. The number of hydrogen-bond acceptors (Lipinski definition) is 4. The molecule has 0 unspecified atom stereocenters. The first-order valence-electron chi connectivity index (χ1n) is 5.49. The molecule has 2 aromatic rings. The van der Waals surface area contributed by atoms with Gasteiger partial charge in [-0.05, 0) is 12.5 Å². The molecular formula is C11H10F3N3O2. The van der Waals surface area contributed by atoms with Crippen LogP contribution in [-0.4, -0.2) is 27.7 Å². The number of H-pyrrole nitrogens is 1. The fourth-order valence-electron chi connectivity index (χ4n) is 1.48. The molecule has 0 aromatic carbocycles. The zero-order valence-electron chi connectivity index (χ0n) is 9.70. The quantitative estimate of drug-likeness (QED) is 0.865. The van der Waals surface area contributed by atoms with Gasteiger partial charge in [0.25, 0.3) is 11.6 Å². The van der Waals surface area contributed by atoms with Gasteiger partial charge in [-0.1, -0.05) is 0 Å². The van der Waals surface area contributed by atoms with Crippen LogP contribution in [0.4, 0.5) is 13.2 Å². The van der Waals surface area contributed by atoms with Crippen LogP contribution in [0.25, 0.3) is 10.9 Å². The molecule has 0 bridgehead atoms. The molecule has 0 aliphatic carbocycles. The normalized spacial score (nSPS) is 11.7. The predicted octanol–water partition coefficient (Wildman–Crippen LogP) is 2.04. The topological polar surface area (TPSA) is 67.9 Å². The van der Waals surface area contributed by atoms with Crippen molar-refractivity contribution in [3.05, 3.63) is 28.8 Å². The lowest BCUT2D eigenvalue weighted by atomic mass is 10.3. The molecule has 102 valence electrons. The Balaban J connectivity index is 2.04. The second-order valence-corrected chi connectivity index (χ2v) is 3.83. The van der Waals surface area contributed by atoms with Crippen molar-refractivity contribution >= 4 is 10.9 Å². The number of pyridine rings is 1. The Labute approximate surface area is 105 Å². The standard InChI is InChI=1S/C11H10F3N3O2/c12-11(13,14)3-1-5-19-10-16-8-6-15-4-2-7(8)9(18)17-10/h2,4,6H,1,3,5H2,(H,16,17,18). The van der Waals surface area contributed by atoms with Crippen molar-refractivity contribution in [2.24, 2.45) is 0 Å². The lowest BCUT2D eigenvalue weighted by molar-refractivity contribution is -0.136. The molecule has 0 amide bonds. The van der Waals surface area contributed by atoms with Gasteiger partial charge in [-0.15, -0.1) is 0 Å². The predicted molar refractivity (Wildman–Crippen MR) is 60.9 cm³/mol. The van der Waals surface area contributed by atoms with E-state index >= 15 is 0 Å². The van der Waals surface area contributed by atoms with E-state index in [4.69, 9.17) is 4.74 Å².